The summed E-state index contributed by atoms with van der Waals surface area (Å²) in [6.45, 7) is 9.78. The lowest BCUT2D eigenvalue weighted by Gasteiger charge is -2.32. The van der Waals surface area contributed by atoms with Gasteiger partial charge < -0.3 is 5.32 Å². The number of amides is 1. The van der Waals surface area contributed by atoms with Gasteiger partial charge in [-0.15, -0.1) is 0 Å². The van der Waals surface area contributed by atoms with Crippen LogP contribution in [0.3, 0.4) is 0 Å². The standard InChI is InChI=1S/C17H28N2O3S/c1-12(2)16(13(3)4)18-17(20)14(5)19(23(6,21)22)15-10-8-7-9-11-15/h7-14,16H,1-6H3,(H,18,20). The van der Waals surface area contributed by atoms with Crippen molar-refractivity contribution in [1.82, 2.24) is 5.32 Å². The molecule has 0 heterocycles. The normalized spacial score (nSPS) is 13.4. The van der Waals surface area contributed by atoms with Crippen molar-refractivity contribution >= 4 is 21.6 Å². The van der Waals surface area contributed by atoms with Crippen LogP contribution in [0.5, 0.6) is 0 Å². The number of hydrogen-bond donors (Lipinski definition) is 1. The largest absolute Gasteiger partial charge is 0.351 e. The molecule has 1 aromatic carbocycles. The topological polar surface area (TPSA) is 66.5 Å². The first-order chi connectivity index (χ1) is 10.6. The molecule has 1 unspecified atom stereocenters. The zero-order valence-electron chi connectivity index (χ0n) is 14.8. The molecule has 1 aromatic rings. The minimum atomic E-state index is -3.57. The molecule has 130 valence electrons. The van der Waals surface area contributed by atoms with Gasteiger partial charge in [0.05, 0.1) is 11.9 Å². The fraction of sp³-hybridized carbons (Fsp3) is 0.588. The lowest BCUT2D eigenvalue weighted by molar-refractivity contribution is -0.123. The highest BCUT2D eigenvalue weighted by molar-refractivity contribution is 7.92. The Hall–Kier alpha value is -1.56. The van der Waals surface area contributed by atoms with E-state index in [1.165, 1.54) is 4.31 Å². The molecular weight excluding hydrogens is 312 g/mol. The first-order valence-electron chi connectivity index (χ1n) is 7.90. The molecule has 1 atom stereocenters. The number of anilines is 1. The smallest absolute Gasteiger partial charge is 0.243 e. The highest BCUT2D eigenvalue weighted by Crippen LogP contribution is 2.21. The summed E-state index contributed by atoms with van der Waals surface area (Å²) in [5.74, 6) is 0.260. The number of carbonyl (C=O) groups is 1. The molecule has 0 aromatic heterocycles. The molecule has 0 aliphatic carbocycles. The van der Waals surface area contributed by atoms with Crippen molar-refractivity contribution in [2.75, 3.05) is 10.6 Å². The Bertz CT molecular complexity index is 604. The molecule has 0 radical (unpaired) electrons. The third-order valence-corrected chi connectivity index (χ3v) is 5.09. The van der Waals surface area contributed by atoms with E-state index in [1.54, 1.807) is 31.2 Å². The van der Waals surface area contributed by atoms with Gasteiger partial charge in [-0.3, -0.25) is 9.10 Å². The average molecular weight is 340 g/mol. The summed E-state index contributed by atoms with van der Waals surface area (Å²) in [5, 5.41) is 2.99. The zero-order valence-corrected chi connectivity index (χ0v) is 15.6. The summed E-state index contributed by atoms with van der Waals surface area (Å²) in [7, 11) is -3.57. The summed E-state index contributed by atoms with van der Waals surface area (Å²) in [6, 6.07) is 7.88. The Labute approximate surface area is 140 Å². The predicted molar refractivity (Wildman–Crippen MR) is 94.8 cm³/mol. The maximum absolute atomic E-state index is 12.6. The van der Waals surface area contributed by atoms with Gasteiger partial charge in [-0.2, -0.15) is 0 Å². The van der Waals surface area contributed by atoms with Crippen LogP contribution < -0.4 is 9.62 Å². The minimum Gasteiger partial charge on any atom is -0.351 e. The lowest BCUT2D eigenvalue weighted by atomic mass is 9.93. The second kappa shape index (κ2) is 7.81. The van der Waals surface area contributed by atoms with Crippen LogP contribution in [0.15, 0.2) is 30.3 Å². The van der Waals surface area contributed by atoms with E-state index in [9.17, 15) is 13.2 Å². The van der Waals surface area contributed by atoms with Gasteiger partial charge in [-0.05, 0) is 30.9 Å². The van der Waals surface area contributed by atoms with E-state index in [4.69, 9.17) is 0 Å². The molecule has 5 nitrogen and oxygen atoms in total. The number of rotatable bonds is 7. The van der Waals surface area contributed by atoms with Crippen molar-refractivity contribution in [1.29, 1.82) is 0 Å². The number of sulfonamides is 1. The Morgan fingerprint density at radius 2 is 1.48 bits per heavy atom. The van der Waals surface area contributed by atoms with Gasteiger partial charge in [0.1, 0.15) is 6.04 Å². The van der Waals surface area contributed by atoms with Crippen LogP contribution in [0, 0.1) is 11.8 Å². The van der Waals surface area contributed by atoms with Crippen molar-refractivity contribution in [2.45, 2.75) is 46.7 Å². The fourth-order valence-corrected chi connectivity index (χ4v) is 3.95. The summed E-state index contributed by atoms with van der Waals surface area (Å²) in [6.07, 6.45) is 1.12. The van der Waals surface area contributed by atoms with Crippen LogP contribution >= 0.6 is 0 Å². The van der Waals surface area contributed by atoms with Crippen LogP contribution in [0.25, 0.3) is 0 Å². The molecule has 1 N–H and O–H groups in total. The van der Waals surface area contributed by atoms with Crippen molar-refractivity contribution in [3.63, 3.8) is 0 Å². The Kier molecular flexibility index (Phi) is 6.62. The highest BCUT2D eigenvalue weighted by Gasteiger charge is 2.31. The molecule has 1 rings (SSSR count). The molecule has 0 aliphatic heterocycles. The molecule has 0 saturated carbocycles. The maximum Gasteiger partial charge on any atom is 0.243 e. The van der Waals surface area contributed by atoms with Crippen LogP contribution in [-0.2, 0) is 14.8 Å². The van der Waals surface area contributed by atoms with Gasteiger partial charge >= 0.3 is 0 Å². The van der Waals surface area contributed by atoms with Crippen LogP contribution in [-0.4, -0.2) is 32.7 Å². The number of carbonyl (C=O) groups excluding carboxylic acids is 1. The van der Waals surface area contributed by atoms with Crippen LogP contribution in [0.2, 0.25) is 0 Å². The third-order valence-electron chi connectivity index (χ3n) is 3.84. The van der Waals surface area contributed by atoms with Crippen molar-refractivity contribution in [3.8, 4) is 0 Å². The van der Waals surface area contributed by atoms with E-state index in [0.717, 1.165) is 6.26 Å². The van der Waals surface area contributed by atoms with E-state index in [2.05, 4.69) is 5.32 Å². The average Bonchev–Trinajstić information content (AvgIpc) is 2.43. The highest BCUT2D eigenvalue weighted by atomic mass is 32.2. The zero-order chi connectivity index (χ0) is 17.8. The van der Waals surface area contributed by atoms with E-state index < -0.39 is 16.1 Å². The number of hydrogen-bond acceptors (Lipinski definition) is 3. The number of para-hydroxylation sites is 1. The molecule has 0 saturated heterocycles. The third kappa shape index (κ3) is 5.23. The summed E-state index contributed by atoms with van der Waals surface area (Å²) >= 11 is 0. The molecular formula is C17H28N2O3S. The molecule has 23 heavy (non-hydrogen) atoms. The number of nitrogens with zero attached hydrogens (tertiary/aromatic N) is 1. The maximum atomic E-state index is 12.6. The monoisotopic (exact) mass is 340 g/mol. The van der Waals surface area contributed by atoms with Crippen LogP contribution in [0.4, 0.5) is 5.69 Å². The van der Waals surface area contributed by atoms with Gasteiger partial charge in [0.2, 0.25) is 15.9 Å². The van der Waals surface area contributed by atoms with Crippen molar-refractivity contribution in [3.05, 3.63) is 30.3 Å². The Morgan fingerprint density at radius 3 is 1.87 bits per heavy atom. The van der Waals surface area contributed by atoms with E-state index >= 15 is 0 Å². The van der Waals surface area contributed by atoms with Gasteiger partial charge in [0.25, 0.3) is 0 Å². The second-order valence-electron chi connectivity index (χ2n) is 6.59. The molecule has 0 spiro atoms. The Balaban J connectivity index is 3.07. The lowest BCUT2D eigenvalue weighted by Crippen LogP contribution is -2.52. The molecule has 6 heteroatoms. The van der Waals surface area contributed by atoms with E-state index in [-0.39, 0.29) is 23.8 Å². The molecule has 0 aliphatic rings. The van der Waals surface area contributed by atoms with Crippen LogP contribution in [0.1, 0.15) is 34.6 Å². The van der Waals surface area contributed by atoms with E-state index in [1.807, 2.05) is 33.8 Å². The van der Waals surface area contributed by atoms with Crippen molar-refractivity contribution < 1.29 is 13.2 Å². The summed E-state index contributed by atoms with van der Waals surface area (Å²) in [5.41, 5.74) is 0.489. The molecule has 1 amide bonds. The van der Waals surface area contributed by atoms with Gasteiger partial charge in [-0.25, -0.2) is 8.42 Å². The molecule has 0 fully saturated rings. The number of nitrogens with one attached hydrogen (secondary N) is 1. The van der Waals surface area contributed by atoms with Gasteiger partial charge in [0.15, 0.2) is 0 Å². The summed E-state index contributed by atoms with van der Waals surface area (Å²) in [4.78, 5) is 12.6. The molecule has 0 bridgehead atoms. The minimum absolute atomic E-state index is 0.00198. The SMILES string of the molecule is CC(C)C(NC(=O)C(C)N(c1ccccc1)S(C)(=O)=O)C(C)C. The second-order valence-corrected chi connectivity index (χ2v) is 8.45. The first kappa shape index (κ1) is 19.5. The van der Waals surface area contributed by atoms with E-state index in [0.29, 0.717) is 5.69 Å². The first-order valence-corrected chi connectivity index (χ1v) is 9.75. The summed E-state index contributed by atoms with van der Waals surface area (Å²) < 4.78 is 25.5. The Morgan fingerprint density at radius 1 is 1.00 bits per heavy atom. The number of benzene rings is 1. The predicted octanol–water partition coefficient (Wildman–Crippen LogP) is 2.64. The quantitative estimate of drug-likeness (QED) is 0.830. The van der Waals surface area contributed by atoms with Crippen molar-refractivity contribution in [2.24, 2.45) is 11.8 Å². The van der Waals surface area contributed by atoms with Gasteiger partial charge in [0, 0.05) is 6.04 Å². The fourth-order valence-electron chi connectivity index (χ4n) is 2.77. The van der Waals surface area contributed by atoms with Gasteiger partial charge in [-0.1, -0.05) is 45.9 Å².